The van der Waals surface area contributed by atoms with Gasteiger partial charge in [-0.15, -0.1) is 0 Å². The van der Waals surface area contributed by atoms with Crippen LogP contribution < -0.4 is 10.9 Å². The minimum atomic E-state index is 0.528. The Bertz CT molecular complexity index is 515. The summed E-state index contributed by atoms with van der Waals surface area (Å²) < 4.78 is 1.03. The van der Waals surface area contributed by atoms with Gasteiger partial charge in [0.15, 0.2) is 0 Å². The zero-order valence-electron chi connectivity index (χ0n) is 9.47. The number of hydrazine groups is 1. The molecule has 0 radical (unpaired) electrons. The molecule has 0 aliphatic heterocycles. The van der Waals surface area contributed by atoms with Crippen LogP contribution in [0.15, 0.2) is 41.0 Å². The second-order valence-electron chi connectivity index (χ2n) is 3.72. The number of aromatic nitrogens is 2. The fourth-order valence-electron chi connectivity index (χ4n) is 1.45. The highest BCUT2D eigenvalue weighted by Gasteiger charge is 2.07. The van der Waals surface area contributed by atoms with Gasteiger partial charge in [-0.25, -0.2) is 15.8 Å². The first-order chi connectivity index (χ1) is 8.16. The summed E-state index contributed by atoms with van der Waals surface area (Å²) >= 11 is 3.49. The van der Waals surface area contributed by atoms with Gasteiger partial charge in [-0.2, -0.15) is 0 Å². The minimum Gasteiger partial charge on any atom is -0.274 e. The summed E-state index contributed by atoms with van der Waals surface area (Å²) in [5.41, 5.74) is 2.00. The van der Waals surface area contributed by atoms with Crippen LogP contribution in [0, 0.1) is 6.92 Å². The van der Waals surface area contributed by atoms with Crippen LogP contribution in [-0.2, 0) is 6.54 Å². The van der Waals surface area contributed by atoms with Crippen LogP contribution in [0.2, 0.25) is 0 Å². The number of hydrogen-bond donors (Lipinski definition) is 1. The maximum Gasteiger partial charge on any atom is 0.240 e. The summed E-state index contributed by atoms with van der Waals surface area (Å²) in [6, 6.07) is 9.79. The Morgan fingerprint density at radius 1 is 1.29 bits per heavy atom. The molecule has 1 aromatic heterocycles. The smallest absolute Gasteiger partial charge is 0.240 e. The second kappa shape index (κ2) is 5.25. The van der Waals surface area contributed by atoms with Crippen molar-refractivity contribution in [3.8, 4) is 0 Å². The third kappa shape index (κ3) is 3.01. The molecule has 5 heteroatoms. The number of nitrogens with zero attached hydrogens (tertiary/aromatic N) is 3. The SMILES string of the molecule is Cc1ccnc(N(N)Cc2ccccc2Br)n1. The molecule has 0 saturated heterocycles. The number of nitrogens with two attached hydrogens (primary N) is 1. The van der Waals surface area contributed by atoms with Gasteiger partial charge in [-0.1, -0.05) is 34.1 Å². The van der Waals surface area contributed by atoms with Crippen molar-refractivity contribution in [2.24, 2.45) is 5.84 Å². The molecule has 0 saturated carbocycles. The molecule has 2 aromatic rings. The fourth-order valence-corrected chi connectivity index (χ4v) is 1.87. The molecule has 4 nitrogen and oxygen atoms in total. The first-order valence-electron chi connectivity index (χ1n) is 5.22. The van der Waals surface area contributed by atoms with Crippen LogP contribution >= 0.6 is 15.9 Å². The molecule has 1 heterocycles. The maximum atomic E-state index is 5.95. The lowest BCUT2D eigenvalue weighted by Gasteiger charge is -2.17. The number of halogens is 1. The van der Waals surface area contributed by atoms with Crippen molar-refractivity contribution in [1.29, 1.82) is 0 Å². The van der Waals surface area contributed by atoms with Gasteiger partial charge in [0.1, 0.15) is 0 Å². The van der Waals surface area contributed by atoms with Crippen LogP contribution in [0.3, 0.4) is 0 Å². The van der Waals surface area contributed by atoms with Crippen molar-refractivity contribution < 1.29 is 0 Å². The largest absolute Gasteiger partial charge is 0.274 e. The lowest BCUT2D eigenvalue weighted by molar-refractivity contribution is 0.800. The first-order valence-corrected chi connectivity index (χ1v) is 6.01. The van der Waals surface area contributed by atoms with E-state index in [2.05, 4.69) is 25.9 Å². The average molecular weight is 293 g/mol. The van der Waals surface area contributed by atoms with Crippen LogP contribution in [-0.4, -0.2) is 9.97 Å². The van der Waals surface area contributed by atoms with E-state index in [1.165, 1.54) is 5.01 Å². The Morgan fingerprint density at radius 3 is 2.76 bits per heavy atom. The van der Waals surface area contributed by atoms with Crippen LogP contribution in [0.1, 0.15) is 11.3 Å². The Labute approximate surface area is 109 Å². The minimum absolute atomic E-state index is 0.528. The molecule has 0 bridgehead atoms. The van der Waals surface area contributed by atoms with Crippen LogP contribution in [0.5, 0.6) is 0 Å². The van der Waals surface area contributed by atoms with E-state index in [4.69, 9.17) is 5.84 Å². The molecule has 17 heavy (non-hydrogen) atoms. The van der Waals surface area contributed by atoms with Crippen molar-refractivity contribution >= 4 is 21.9 Å². The standard InChI is InChI=1S/C12H13BrN4/c1-9-6-7-15-12(16-9)17(14)8-10-4-2-3-5-11(10)13/h2-7H,8,14H2,1H3. The van der Waals surface area contributed by atoms with Crippen molar-refractivity contribution in [3.05, 3.63) is 52.3 Å². The third-order valence-corrected chi connectivity index (χ3v) is 3.11. The van der Waals surface area contributed by atoms with Gasteiger partial charge in [-0.3, -0.25) is 5.01 Å². The second-order valence-corrected chi connectivity index (χ2v) is 4.57. The van der Waals surface area contributed by atoms with E-state index < -0.39 is 0 Å². The average Bonchev–Trinajstić information content (AvgIpc) is 2.32. The van der Waals surface area contributed by atoms with E-state index in [1.807, 2.05) is 37.3 Å². The molecule has 2 N–H and O–H groups in total. The van der Waals surface area contributed by atoms with E-state index in [9.17, 15) is 0 Å². The molecule has 0 aliphatic carbocycles. The molecule has 0 spiro atoms. The zero-order valence-corrected chi connectivity index (χ0v) is 11.1. The molecule has 2 rings (SSSR count). The summed E-state index contributed by atoms with van der Waals surface area (Å²) in [6.45, 7) is 2.47. The molecular weight excluding hydrogens is 280 g/mol. The van der Waals surface area contributed by atoms with Gasteiger partial charge in [0.2, 0.25) is 5.95 Å². The van der Waals surface area contributed by atoms with Gasteiger partial charge < -0.3 is 0 Å². The highest BCUT2D eigenvalue weighted by Crippen LogP contribution is 2.18. The van der Waals surface area contributed by atoms with Crippen LogP contribution in [0.4, 0.5) is 5.95 Å². The number of anilines is 1. The first kappa shape index (κ1) is 12.0. The summed E-state index contributed by atoms with van der Waals surface area (Å²) in [6.07, 6.45) is 1.71. The molecular formula is C12H13BrN4. The van der Waals surface area contributed by atoms with E-state index in [0.29, 0.717) is 12.5 Å². The van der Waals surface area contributed by atoms with Gasteiger partial charge in [-0.05, 0) is 24.6 Å². The molecule has 0 aliphatic rings. The van der Waals surface area contributed by atoms with E-state index in [0.717, 1.165) is 15.7 Å². The molecule has 88 valence electrons. The molecule has 1 aromatic carbocycles. The van der Waals surface area contributed by atoms with Crippen LogP contribution in [0.25, 0.3) is 0 Å². The Morgan fingerprint density at radius 2 is 2.06 bits per heavy atom. The van der Waals surface area contributed by atoms with E-state index in [-0.39, 0.29) is 0 Å². The van der Waals surface area contributed by atoms with Gasteiger partial charge >= 0.3 is 0 Å². The summed E-state index contributed by atoms with van der Waals surface area (Å²) in [5, 5.41) is 1.53. The Hall–Kier alpha value is -1.46. The van der Waals surface area contributed by atoms with Crippen molar-refractivity contribution in [2.45, 2.75) is 13.5 Å². The van der Waals surface area contributed by atoms with E-state index >= 15 is 0 Å². The molecule has 0 amide bonds. The van der Waals surface area contributed by atoms with Crippen molar-refractivity contribution in [3.63, 3.8) is 0 Å². The quantitative estimate of drug-likeness (QED) is 0.697. The number of rotatable bonds is 3. The monoisotopic (exact) mass is 292 g/mol. The maximum absolute atomic E-state index is 5.95. The van der Waals surface area contributed by atoms with Crippen molar-refractivity contribution in [2.75, 3.05) is 5.01 Å². The molecule has 0 atom stereocenters. The normalized spacial score (nSPS) is 10.3. The molecule has 0 fully saturated rings. The van der Waals surface area contributed by atoms with Gasteiger partial charge in [0.05, 0.1) is 6.54 Å². The van der Waals surface area contributed by atoms with Crippen molar-refractivity contribution in [1.82, 2.24) is 9.97 Å². The summed E-state index contributed by atoms with van der Waals surface area (Å²) in [7, 11) is 0. The number of aryl methyl sites for hydroxylation is 1. The number of hydrogen-bond acceptors (Lipinski definition) is 4. The highest BCUT2D eigenvalue weighted by molar-refractivity contribution is 9.10. The van der Waals surface area contributed by atoms with Gasteiger partial charge in [0.25, 0.3) is 0 Å². The topological polar surface area (TPSA) is 55.0 Å². The Balaban J connectivity index is 2.17. The summed E-state index contributed by atoms with van der Waals surface area (Å²) in [5.74, 6) is 6.48. The van der Waals surface area contributed by atoms with Gasteiger partial charge in [0, 0.05) is 16.4 Å². The predicted octanol–water partition coefficient (Wildman–Crippen LogP) is 2.43. The lowest BCUT2D eigenvalue weighted by atomic mass is 10.2. The fraction of sp³-hybridized carbons (Fsp3) is 0.167. The number of benzene rings is 1. The van der Waals surface area contributed by atoms with E-state index in [1.54, 1.807) is 6.20 Å². The predicted molar refractivity (Wildman–Crippen MR) is 71.3 cm³/mol. The third-order valence-electron chi connectivity index (χ3n) is 2.34. The summed E-state index contributed by atoms with van der Waals surface area (Å²) in [4.78, 5) is 8.41. The highest BCUT2D eigenvalue weighted by atomic mass is 79.9. The lowest BCUT2D eigenvalue weighted by Crippen LogP contribution is -2.32. The Kier molecular flexibility index (Phi) is 3.71. The molecule has 0 unspecified atom stereocenters. The zero-order chi connectivity index (χ0) is 12.3.